The minimum atomic E-state index is -0.969. The van der Waals surface area contributed by atoms with E-state index in [0.29, 0.717) is 32.3 Å². The van der Waals surface area contributed by atoms with Crippen molar-refractivity contribution >= 4 is 23.0 Å². The van der Waals surface area contributed by atoms with Gasteiger partial charge in [0.1, 0.15) is 18.0 Å². The molecule has 1 aliphatic heterocycles. The van der Waals surface area contributed by atoms with Gasteiger partial charge in [-0.2, -0.15) is 0 Å². The van der Waals surface area contributed by atoms with Crippen LogP contribution in [-0.4, -0.2) is 71.3 Å². The first kappa shape index (κ1) is 34.5. The van der Waals surface area contributed by atoms with Crippen molar-refractivity contribution in [2.75, 3.05) is 33.0 Å². The number of ether oxygens (including phenoxy) is 4. The Hall–Kier alpha value is -4.34. The molecule has 4 aromatic rings. The van der Waals surface area contributed by atoms with Crippen molar-refractivity contribution in [2.24, 2.45) is 0 Å². The predicted octanol–water partition coefficient (Wildman–Crippen LogP) is 8.29. The molecule has 1 N–H and O–H groups in total. The average Bonchev–Trinajstić information content (AvgIpc) is 3.39. The summed E-state index contributed by atoms with van der Waals surface area (Å²) in [5.74, 6) is 0.111. The van der Waals surface area contributed by atoms with Gasteiger partial charge in [0.05, 0.1) is 43.7 Å². The summed E-state index contributed by atoms with van der Waals surface area (Å²) in [4.78, 5) is 27.8. The van der Waals surface area contributed by atoms with E-state index in [0.717, 1.165) is 59.2 Å². The van der Waals surface area contributed by atoms with Crippen molar-refractivity contribution in [2.45, 2.75) is 83.6 Å². The topological polar surface area (TPSA) is 99.5 Å². The lowest BCUT2D eigenvalue weighted by Gasteiger charge is -2.35. The monoisotopic (exact) mass is 668 g/mol. The van der Waals surface area contributed by atoms with Crippen LogP contribution in [0.15, 0.2) is 72.8 Å². The van der Waals surface area contributed by atoms with Crippen molar-refractivity contribution in [3.63, 3.8) is 0 Å². The number of hydrogen-bond acceptors (Lipinski definition) is 6. The van der Waals surface area contributed by atoms with E-state index in [1.165, 1.54) is 12.0 Å². The zero-order chi connectivity index (χ0) is 34.4. The lowest BCUT2D eigenvalue weighted by molar-refractivity contribution is -0.00656. The quantitative estimate of drug-likeness (QED) is 0.161. The van der Waals surface area contributed by atoms with Crippen LogP contribution in [0.4, 0.5) is 4.79 Å². The molecule has 0 radical (unpaired) electrons. The van der Waals surface area contributed by atoms with E-state index in [1.54, 1.807) is 17.0 Å². The summed E-state index contributed by atoms with van der Waals surface area (Å²) in [6.45, 7) is 8.10. The molecule has 6 rings (SSSR count). The molecular formula is C40H48N2O7. The first-order valence-electron chi connectivity index (χ1n) is 17.5. The molecule has 1 fully saturated rings. The Kier molecular flexibility index (Phi) is 10.9. The van der Waals surface area contributed by atoms with Crippen LogP contribution >= 0.6 is 0 Å². The first-order valence-corrected chi connectivity index (χ1v) is 17.5. The zero-order valence-corrected chi connectivity index (χ0v) is 28.9. The maximum Gasteiger partial charge on any atom is 0.410 e. The van der Waals surface area contributed by atoms with E-state index in [-0.39, 0.29) is 25.3 Å². The van der Waals surface area contributed by atoms with Crippen molar-refractivity contribution in [3.8, 4) is 17.0 Å². The molecule has 0 spiro atoms. The summed E-state index contributed by atoms with van der Waals surface area (Å²) in [7, 11) is 0. The van der Waals surface area contributed by atoms with E-state index >= 15 is 0 Å². The molecule has 2 aliphatic rings. The molecule has 2 heterocycles. The Morgan fingerprint density at radius 1 is 0.918 bits per heavy atom. The lowest BCUT2D eigenvalue weighted by Crippen LogP contribution is -2.49. The number of carbonyl (C=O) groups is 2. The van der Waals surface area contributed by atoms with Gasteiger partial charge in [0.2, 0.25) is 0 Å². The Balaban J connectivity index is 1.32. The van der Waals surface area contributed by atoms with Gasteiger partial charge in [-0.3, -0.25) is 4.90 Å². The molecule has 9 nitrogen and oxygen atoms in total. The summed E-state index contributed by atoms with van der Waals surface area (Å²) in [6.07, 6.45) is 5.26. The highest BCUT2D eigenvalue weighted by Gasteiger charge is 2.35. The normalized spacial score (nSPS) is 16.6. The fourth-order valence-corrected chi connectivity index (χ4v) is 7.11. The molecule has 0 saturated heterocycles. The lowest BCUT2D eigenvalue weighted by atomic mass is 9.81. The molecule has 0 unspecified atom stereocenters. The van der Waals surface area contributed by atoms with E-state index in [2.05, 4.69) is 10.6 Å². The van der Waals surface area contributed by atoms with E-state index in [1.807, 2.05) is 75.4 Å². The van der Waals surface area contributed by atoms with Crippen LogP contribution < -0.4 is 4.74 Å². The van der Waals surface area contributed by atoms with Crippen molar-refractivity contribution in [1.29, 1.82) is 0 Å². The number of amides is 1. The van der Waals surface area contributed by atoms with E-state index in [9.17, 15) is 14.7 Å². The number of benzene rings is 3. The second-order valence-corrected chi connectivity index (χ2v) is 14.0. The predicted molar refractivity (Wildman–Crippen MR) is 189 cm³/mol. The van der Waals surface area contributed by atoms with Gasteiger partial charge in [0.15, 0.2) is 0 Å². The van der Waals surface area contributed by atoms with Crippen molar-refractivity contribution < 1.29 is 33.6 Å². The maximum atomic E-state index is 13.9. The molecular weight excluding hydrogens is 620 g/mol. The second-order valence-electron chi connectivity index (χ2n) is 14.0. The van der Waals surface area contributed by atoms with Crippen LogP contribution in [0.3, 0.4) is 0 Å². The smallest absolute Gasteiger partial charge is 0.410 e. The van der Waals surface area contributed by atoms with Gasteiger partial charge in [0, 0.05) is 29.6 Å². The van der Waals surface area contributed by atoms with Crippen LogP contribution in [0, 0.1) is 0 Å². The van der Waals surface area contributed by atoms with Crippen LogP contribution in [0.2, 0.25) is 0 Å². The molecule has 1 aliphatic carbocycles. The molecule has 260 valence electrons. The summed E-state index contributed by atoms with van der Waals surface area (Å²) < 4.78 is 26.4. The highest BCUT2D eigenvalue weighted by molar-refractivity contribution is 5.98. The molecule has 0 bridgehead atoms. The summed E-state index contributed by atoms with van der Waals surface area (Å²) >= 11 is 0. The number of aromatic nitrogens is 1. The Morgan fingerprint density at radius 3 is 2.41 bits per heavy atom. The standard InChI is InChI=1S/C40H48N2O7/c1-40(2,3)49-39(45)41(20-21-46-22-23-47-26-28-12-6-4-7-13-28)31-25-42-34-24-30(38(43)44)18-19-32(34)36(29-14-8-5-9-15-29)37(42)33-16-10-11-17-35(33)48-27-31/h4,6-7,10-13,16-19,24,29,31H,5,8-9,14-15,20-23,25-27H2,1-3H3,(H,43,44)/t31-/m1/s1. The van der Waals surface area contributed by atoms with Gasteiger partial charge < -0.3 is 28.6 Å². The SMILES string of the molecule is CC(C)(C)OC(=O)N(CCOCCOCc1ccccc1)[C@H]1COc2ccccc2-c2c(C3CCCCC3)c3ccc(C(=O)O)cc3n2C1. The first-order chi connectivity index (χ1) is 23.7. The molecule has 49 heavy (non-hydrogen) atoms. The number of carboxylic acids is 1. The van der Waals surface area contributed by atoms with Gasteiger partial charge in [-0.1, -0.05) is 67.8 Å². The second kappa shape index (κ2) is 15.5. The number of hydrogen-bond donors (Lipinski definition) is 1. The molecule has 3 aromatic carbocycles. The number of aromatic carboxylic acids is 1. The minimum Gasteiger partial charge on any atom is -0.491 e. The summed E-state index contributed by atoms with van der Waals surface area (Å²) in [6, 6.07) is 23.1. The number of para-hydroxylation sites is 1. The van der Waals surface area contributed by atoms with Gasteiger partial charge in [-0.05, 0) is 74.9 Å². The minimum absolute atomic E-state index is 0.229. The number of nitrogens with zero attached hydrogens (tertiary/aromatic N) is 2. The Bertz CT molecular complexity index is 1740. The highest BCUT2D eigenvalue weighted by atomic mass is 16.6. The van der Waals surface area contributed by atoms with Gasteiger partial charge >= 0.3 is 12.1 Å². The van der Waals surface area contributed by atoms with Gasteiger partial charge in [-0.15, -0.1) is 0 Å². The molecule has 1 atom stereocenters. The largest absolute Gasteiger partial charge is 0.491 e. The van der Waals surface area contributed by atoms with Crippen molar-refractivity contribution in [1.82, 2.24) is 9.47 Å². The van der Waals surface area contributed by atoms with Crippen LogP contribution in [-0.2, 0) is 27.4 Å². The van der Waals surface area contributed by atoms with E-state index < -0.39 is 23.7 Å². The molecule has 1 aromatic heterocycles. The third kappa shape index (κ3) is 8.28. The Morgan fingerprint density at radius 2 is 1.65 bits per heavy atom. The fraction of sp³-hybridized carbons (Fsp3) is 0.450. The number of fused-ring (bicyclic) bond motifs is 5. The Labute approximate surface area is 288 Å². The third-order valence-corrected chi connectivity index (χ3v) is 9.36. The van der Waals surface area contributed by atoms with Gasteiger partial charge in [-0.25, -0.2) is 9.59 Å². The average molecular weight is 669 g/mol. The maximum absolute atomic E-state index is 13.9. The van der Waals surface area contributed by atoms with Crippen LogP contribution in [0.25, 0.3) is 22.2 Å². The molecule has 9 heteroatoms. The fourth-order valence-electron chi connectivity index (χ4n) is 7.11. The summed E-state index contributed by atoms with van der Waals surface area (Å²) in [5.41, 5.74) is 4.76. The summed E-state index contributed by atoms with van der Waals surface area (Å²) in [5, 5.41) is 11.1. The van der Waals surface area contributed by atoms with Crippen LogP contribution in [0.5, 0.6) is 5.75 Å². The third-order valence-electron chi connectivity index (χ3n) is 9.36. The molecule has 1 amide bonds. The number of carbonyl (C=O) groups excluding carboxylic acids is 1. The number of rotatable bonds is 11. The molecule has 1 saturated carbocycles. The zero-order valence-electron chi connectivity index (χ0n) is 28.9. The van der Waals surface area contributed by atoms with Crippen molar-refractivity contribution in [3.05, 3.63) is 89.5 Å². The van der Waals surface area contributed by atoms with Crippen LogP contribution in [0.1, 0.15) is 80.3 Å². The van der Waals surface area contributed by atoms with E-state index in [4.69, 9.17) is 18.9 Å². The number of carboxylic acid groups (broad SMARTS) is 1. The highest BCUT2D eigenvalue weighted by Crippen LogP contribution is 2.47. The van der Waals surface area contributed by atoms with Gasteiger partial charge in [0.25, 0.3) is 0 Å².